The number of likely N-dealkylation sites (tertiary alicyclic amines) is 1. The van der Waals surface area contributed by atoms with E-state index in [1.165, 1.54) is 19.3 Å². The molecule has 3 aromatic rings. The molecule has 1 aliphatic heterocycles. The van der Waals surface area contributed by atoms with Crippen LogP contribution < -0.4 is 5.32 Å². The first kappa shape index (κ1) is 17.3. The largest absolute Gasteiger partial charge is 0.468 e. The summed E-state index contributed by atoms with van der Waals surface area (Å²) in [6.45, 7) is 3.86. The second-order valence-electron chi connectivity index (χ2n) is 6.48. The van der Waals surface area contributed by atoms with E-state index in [2.05, 4.69) is 36.6 Å². The second kappa shape index (κ2) is 8.53. The lowest BCUT2D eigenvalue weighted by atomic mass is 10.1. The quantitative estimate of drug-likeness (QED) is 0.687. The molecule has 136 valence electrons. The van der Waals surface area contributed by atoms with Gasteiger partial charge in [-0.3, -0.25) is 4.90 Å². The van der Waals surface area contributed by atoms with Crippen LogP contribution in [0.3, 0.4) is 0 Å². The summed E-state index contributed by atoms with van der Waals surface area (Å²) in [5.41, 5.74) is 1.02. The van der Waals surface area contributed by atoms with Crippen LogP contribution in [0.15, 0.2) is 46.7 Å². The van der Waals surface area contributed by atoms with Gasteiger partial charge < -0.3 is 9.73 Å². The lowest BCUT2D eigenvalue weighted by Gasteiger charge is -2.33. The first-order valence-electron chi connectivity index (χ1n) is 9.10. The highest BCUT2D eigenvalue weighted by Crippen LogP contribution is 2.25. The van der Waals surface area contributed by atoms with Crippen LogP contribution in [0.2, 0.25) is 0 Å². The summed E-state index contributed by atoms with van der Waals surface area (Å²) in [7, 11) is 0. The fourth-order valence-corrected chi connectivity index (χ4v) is 4.12. The molecule has 0 amide bonds. The fraction of sp³-hybridized carbons (Fsp3) is 0.421. The lowest BCUT2D eigenvalue weighted by Crippen LogP contribution is -2.38. The van der Waals surface area contributed by atoms with E-state index in [9.17, 15) is 0 Å². The molecule has 0 bridgehead atoms. The van der Waals surface area contributed by atoms with Crippen LogP contribution in [0.4, 0.5) is 0 Å². The SMILES string of the molecule is c1cnc(-c2nc(CNC[C@@H](c3ccco3)N3CCCCC3)cs2)nc1. The summed E-state index contributed by atoms with van der Waals surface area (Å²) >= 11 is 1.58. The van der Waals surface area contributed by atoms with Gasteiger partial charge in [0.15, 0.2) is 10.8 Å². The molecule has 0 unspecified atom stereocenters. The number of aromatic nitrogens is 3. The average Bonchev–Trinajstić information content (AvgIpc) is 3.39. The summed E-state index contributed by atoms with van der Waals surface area (Å²) in [4.78, 5) is 15.7. The van der Waals surface area contributed by atoms with Gasteiger partial charge in [0.2, 0.25) is 0 Å². The molecule has 3 aromatic heterocycles. The van der Waals surface area contributed by atoms with E-state index in [0.717, 1.165) is 42.6 Å². The molecular weight excluding hydrogens is 346 g/mol. The van der Waals surface area contributed by atoms with Crippen molar-refractivity contribution in [2.24, 2.45) is 0 Å². The zero-order valence-electron chi connectivity index (χ0n) is 14.7. The molecule has 1 saturated heterocycles. The monoisotopic (exact) mass is 369 g/mol. The third-order valence-corrected chi connectivity index (χ3v) is 5.54. The van der Waals surface area contributed by atoms with E-state index in [-0.39, 0.29) is 6.04 Å². The molecule has 0 radical (unpaired) electrons. The Morgan fingerprint density at radius 3 is 2.77 bits per heavy atom. The normalized spacial score (nSPS) is 16.6. The Morgan fingerprint density at radius 1 is 1.15 bits per heavy atom. The maximum Gasteiger partial charge on any atom is 0.188 e. The van der Waals surface area contributed by atoms with Gasteiger partial charge in [0, 0.05) is 30.9 Å². The second-order valence-corrected chi connectivity index (χ2v) is 7.33. The van der Waals surface area contributed by atoms with E-state index in [1.807, 2.05) is 12.1 Å². The van der Waals surface area contributed by atoms with Crippen molar-refractivity contribution in [3.05, 3.63) is 53.7 Å². The van der Waals surface area contributed by atoms with Gasteiger partial charge >= 0.3 is 0 Å². The third-order valence-electron chi connectivity index (χ3n) is 4.66. The number of furan rings is 1. The number of hydrogen-bond acceptors (Lipinski definition) is 7. The van der Waals surface area contributed by atoms with Crippen LogP contribution in [0.25, 0.3) is 10.8 Å². The Balaban J connectivity index is 1.37. The molecule has 7 heteroatoms. The number of thiazole rings is 1. The molecule has 1 aliphatic rings. The molecule has 1 atom stereocenters. The Kier molecular flexibility index (Phi) is 5.68. The number of piperidine rings is 1. The summed E-state index contributed by atoms with van der Waals surface area (Å²) in [5.74, 6) is 1.72. The predicted molar refractivity (Wildman–Crippen MR) is 102 cm³/mol. The van der Waals surface area contributed by atoms with Gasteiger partial charge in [-0.1, -0.05) is 6.42 Å². The molecule has 4 heterocycles. The number of nitrogens with zero attached hydrogens (tertiary/aromatic N) is 4. The highest BCUT2D eigenvalue weighted by atomic mass is 32.1. The maximum absolute atomic E-state index is 5.70. The van der Waals surface area contributed by atoms with Crippen molar-refractivity contribution in [1.29, 1.82) is 0 Å². The Morgan fingerprint density at radius 2 is 2.00 bits per heavy atom. The molecule has 4 rings (SSSR count). The zero-order valence-corrected chi connectivity index (χ0v) is 15.5. The minimum absolute atomic E-state index is 0.279. The minimum atomic E-state index is 0.279. The van der Waals surface area contributed by atoms with Crippen molar-refractivity contribution >= 4 is 11.3 Å². The Hall–Kier alpha value is -2.09. The highest BCUT2D eigenvalue weighted by Gasteiger charge is 2.24. The van der Waals surface area contributed by atoms with Crippen LogP contribution in [0.1, 0.15) is 36.8 Å². The minimum Gasteiger partial charge on any atom is -0.468 e. The van der Waals surface area contributed by atoms with Gasteiger partial charge in [0.25, 0.3) is 0 Å². The first-order valence-corrected chi connectivity index (χ1v) is 9.98. The summed E-state index contributed by atoms with van der Waals surface area (Å²) in [6.07, 6.45) is 9.12. The number of hydrogen-bond donors (Lipinski definition) is 1. The highest BCUT2D eigenvalue weighted by molar-refractivity contribution is 7.13. The van der Waals surface area contributed by atoms with Gasteiger partial charge in [0.05, 0.1) is 18.0 Å². The Labute approximate surface area is 157 Å². The van der Waals surface area contributed by atoms with Crippen molar-refractivity contribution in [3.8, 4) is 10.8 Å². The zero-order chi connectivity index (χ0) is 17.6. The third kappa shape index (κ3) is 4.17. The summed E-state index contributed by atoms with van der Waals surface area (Å²) in [5, 5.41) is 6.49. The van der Waals surface area contributed by atoms with Gasteiger partial charge in [-0.2, -0.15) is 0 Å². The van der Waals surface area contributed by atoms with Gasteiger partial charge in [-0.05, 0) is 44.1 Å². The van der Waals surface area contributed by atoms with Crippen LogP contribution in [0, 0.1) is 0 Å². The van der Waals surface area contributed by atoms with Crippen molar-refractivity contribution in [3.63, 3.8) is 0 Å². The fourth-order valence-electron chi connectivity index (χ4n) is 3.36. The average molecular weight is 369 g/mol. The molecule has 26 heavy (non-hydrogen) atoms. The first-order chi connectivity index (χ1) is 12.9. The molecule has 6 nitrogen and oxygen atoms in total. The smallest absolute Gasteiger partial charge is 0.188 e. The van der Waals surface area contributed by atoms with Crippen LogP contribution >= 0.6 is 11.3 Å². The summed E-state index contributed by atoms with van der Waals surface area (Å²) < 4.78 is 5.70. The number of nitrogens with one attached hydrogen (secondary N) is 1. The van der Waals surface area contributed by atoms with E-state index >= 15 is 0 Å². The van der Waals surface area contributed by atoms with Crippen LogP contribution in [-0.4, -0.2) is 39.5 Å². The molecule has 0 aliphatic carbocycles. The Bertz CT molecular complexity index is 783. The van der Waals surface area contributed by atoms with E-state index in [0.29, 0.717) is 5.82 Å². The van der Waals surface area contributed by atoms with Gasteiger partial charge in [-0.15, -0.1) is 11.3 Å². The van der Waals surface area contributed by atoms with Gasteiger partial charge in [-0.25, -0.2) is 15.0 Å². The van der Waals surface area contributed by atoms with Crippen LogP contribution in [0.5, 0.6) is 0 Å². The van der Waals surface area contributed by atoms with Gasteiger partial charge in [0.1, 0.15) is 5.76 Å². The van der Waals surface area contributed by atoms with E-state index in [4.69, 9.17) is 4.42 Å². The molecule has 0 saturated carbocycles. The molecule has 0 aromatic carbocycles. The standard InChI is InChI=1S/C19H23N5OS/c1-2-9-24(10-3-1)16(17-6-4-11-25-17)13-20-12-15-14-26-19(23-15)18-21-7-5-8-22-18/h4-8,11,14,16,20H,1-3,9-10,12-13H2/t16-/m0/s1. The van der Waals surface area contributed by atoms with E-state index in [1.54, 1.807) is 30.0 Å². The van der Waals surface area contributed by atoms with Crippen molar-refractivity contribution in [1.82, 2.24) is 25.2 Å². The van der Waals surface area contributed by atoms with Crippen molar-refractivity contribution in [2.75, 3.05) is 19.6 Å². The molecule has 1 N–H and O–H groups in total. The van der Waals surface area contributed by atoms with Crippen molar-refractivity contribution in [2.45, 2.75) is 31.8 Å². The molecule has 1 fully saturated rings. The van der Waals surface area contributed by atoms with Crippen LogP contribution in [-0.2, 0) is 6.54 Å². The summed E-state index contributed by atoms with van der Waals surface area (Å²) in [6, 6.07) is 6.14. The molecule has 0 spiro atoms. The predicted octanol–water partition coefficient (Wildman–Crippen LogP) is 3.51. The maximum atomic E-state index is 5.70. The molecular formula is C19H23N5OS. The lowest BCUT2D eigenvalue weighted by molar-refractivity contribution is 0.142. The topological polar surface area (TPSA) is 67.1 Å². The van der Waals surface area contributed by atoms with Crippen molar-refractivity contribution < 1.29 is 4.42 Å². The van der Waals surface area contributed by atoms with E-state index < -0.39 is 0 Å². The number of rotatable bonds is 7.